The Kier molecular flexibility index (Phi) is 4.34. The number of likely N-dealkylation sites (tertiary alicyclic amines) is 1. The van der Waals surface area contributed by atoms with Gasteiger partial charge in [0.25, 0.3) is 5.91 Å². The molecule has 2 heterocycles. The highest BCUT2D eigenvalue weighted by Gasteiger charge is 2.23. The summed E-state index contributed by atoms with van der Waals surface area (Å²) in [6.45, 7) is 2.95. The van der Waals surface area contributed by atoms with Gasteiger partial charge in [0.05, 0.1) is 11.9 Å². The number of rotatable bonds is 4. The number of nitrogens with two attached hydrogens (primary N) is 1. The van der Waals surface area contributed by atoms with E-state index in [1.165, 1.54) is 0 Å². The van der Waals surface area contributed by atoms with Crippen molar-refractivity contribution in [2.24, 2.45) is 11.8 Å². The molecule has 1 unspecified atom stereocenters. The molecule has 0 radical (unpaired) electrons. The van der Waals surface area contributed by atoms with Crippen LogP contribution in [0.3, 0.4) is 0 Å². The number of carbonyl (C=O) groups excluding carboxylic acids is 1. The largest absolute Gasteiger partial charge is 0.340 e. The van der Waals surface area contributed by atoms with E-state index in [-0.39, 0.29) is 5.91 Å². The molecule has 2 rings (SSSR count). The number of hydrogen-bond donors (Lipinski definition) is 2. The molecule has 104 valence electrons. The summed E-state index contributed by atoms with van der Waals surface area (Å²) in [4.78, 5) is 20.4. The number of pyridine rings is 1. The molecule has 1 fully saturated rings. The Morgan fingerprint density at radius 2 is 2.42 bits per heavy atom. The van der Waals surface area contributed by atoms with Crippen molar-refractivity contribution in [1.82, 2.24) is 14.8 Å². The zero-order valence-electron chi connectivity index (χ0n) is 11.5. The summed E-state index contributed by atoms with van der Waals surface area (Å²) in [5.74, 6) is 5.78. The van der Waals surface area contributed by atoms with E-state index in [9.17, 15) is 4.79 Å². The maximum atomic E-state index is 12.2. The minimum atomic E-state index is -0.0434. The van der Waals surface area contributed by atoms with Crippen molar-refractivity contribution in [3.05, 3.63) is 24.0 Å². The topological polar surface area (TPSA) is 74.5 Å². The van der Waals surface area contributed by atoms with Crippen molar-refractivity contribution in [1.29, 1.82) is 0 Å². The van der Waals surface area contributed by atoms with Crippen molar-refractivity contribution in [3.8, 4) is 0 Å². The first-order valence-electron chi connectivity index (χ1n) is 6.47. The maximum Gasteiger partial charge on any atom is 0.272 e. The third kappa shape index (κ3) is 3.42. The summed E-state index contributed by atoms with van der Waals surface area (Å²) >= 11 is 0. The van der Waals surface area contributed by atoms with Crippen molar-refractivity contribution < 1.29 is 4.79 Å². The smallest absolute Gasteiger partial charge is 0.272 e. The number of nitrogens with one attached hydrogen (secondary N) is 1. The fraction of sp³-hybridized carbons (Fsp3) is 0.538. The molecule has 0 spiro atoms. The van der Waals surface area contributed by atoms with Gasteiger partial charge in [0.15, 0.2) is 0 Å². The minimum Gasteiger partial charge on any atom is -0.340 e. The van der Waals surface area contributed by atoms with Crippen LogP contribution in [0, 0.1) is 5.92 Å². The second-order valence-corrected chi connectivity index (χ2v) is 5.18. The van der Waals surface area contributed by atoms with Crippen molar-refractivity contribution in [3.63, 3.8) is 0 Å². The minimum absolute atomic E-state index is 0.0434. The predicted molar refractivity (Wildman–Crippen MR) is 74.6 cm³/mol. The van der Waals surface area contributed by atoms with E-state index in [1.807, 2.05) is 7.05 Å². The van der Waals surface area contributed by atoms with Crippen molar-refractivity contribution >= 4 is 11.6 Å². The second kappa shape index (κ2) is 5.99. The Hall–Kier alpha value is -1.66. The fourth-order valence-corrected chi connectivity index (χ4v) is 2.45. The molecule has 1 aromatic heterocycles. The van der Waals surface area contributed by atoms with E-state index in [2.05, 4.69) is 22.4 Å². The molecular weight excluding hydrogens is 242 g/mol. The van der Waals surface area contributed by atoms with Crippen LogP contribution in [0.2, 0.25) is 0 Å². The summed E-state index contributed by atoms with van der Waals surface area (Å²) in [6, 6.07) is 3.44. The van der Waals surface area contributed by atoms with Crippen LogP contribution >= 0.6 is 0 Å². The van der Waals surface area contributed by atoms with Crippen LogP contribution in [0.1, 0.15) is 16.9 Å². The molecule has 0 saturated carbocycles. The Bertz CT molecular complexity index is 433. The molecule has 3 N–H and O–H groups in total. The molecule has 0 aromatic carbocycles. The summed E-state index contributed by atoms with van der Waals surface area (Å²) in [6.07, 6.45) is 2.71. The van der Waals surface area contributed by atoms with Gasteiger partial charge in [-0.2, -0.15) is 0 Å². The maximum absolute atomic E-state index is 12.2. The average molecular weight is 263 g/mol. The molecule has 1 amide bonds. The van der Waals surface area contributed by atoms with Gasteiger partial charge in [-0.05, 0) is 38.1 Å². The Balaban J connectivity index is 1.94. The predicted octanol–water partition coefficient (Wildman–Crippen LogP) is 0.391. The molecule has 1 aliphatic rings. The third-order valence-corrected chi connectivity index (χ3v) is 3.52. The van der Waals surface area contributed by atoms with Gasteiger partial charge in [0.1, 0.15) is 5.69 Å². The van der Waals surface area contributed by atoms with Crippen LogP contribution in [0.25, 0.3) is 0 Å². The van der Waals surface area contributed by atoms with Crippen LogP contribution in [0.4, 0.5) is 5.69 Å². The van der Waals surface area contributed by atoms with E-state index in [0.717, 1.165) is 26.1 Å². The molecule has 6 heteroatoms. The molecule has 1 aliphatic heterocycles. The lowest BCUT2D eigenvalue weighted by Crippen LogP contribution is -2.33. The number of hydrazine groups is 1. The normalized spacial score (nSPS) is 19.4. The van der Waals surface area contributed by atoms with Crippen LogP contribution in [-0.4, -0.2) is 54.4 Å². The van der Waals surface area contributed by atoms with Crippen LogP contribution in [-0.2, 0) is 0 Å². The Morgan fingerprint density at radius 3 is 2.95 bits per heavy atom. The highest BCUT2D eigenvalue weighted by molar-refractivity contribution is 5.92. The lowest BCUT2D eigenvalue weighted by Gasteiger charge is -2.20. The van der Waals surface area contributed by atoms with E-state index < -0.39 is 0 Å². The van der Waals surface area contributed by atoms with Gasteiger partial charge in [-0.25, -0.2) is 4.98 Å². The van der Waals surface area contributed by atoms with Gasteiger partial charge >= 0.3 is 0 Å². The highest BCUT2D eigenvalue weighted by atomic mass is 16.2. The third-order valence-electron chi connectivity index (χ3n) is 3.52. The van der Waals surface area contributed by atoms with Crippen molar-refractivity contribution in [2.45, 2.75) is 6.42 Å². The van der Waals surface area contributed by atoms with E-state index in [4.69, 9.17) is 5.84 Å². The number of carbonyl (C=O) groups is 1. The van der Waals surface area contributed by atoms with Gasteiger partial charge in [-0.15, -0.1) is 0 Å². The first-order valence-corrected chi connectivity index (χ1v) is 6.47. The van der Waals surface area contributed by atoms with E-state index >= 15 is 0 Å². The van der Waals surface area contributed by atoms with Gasteiger partial charge < -0.3 is 15.2 Å². The first-order chi connectivity index (χ1) is 9.10. The van der Waals surface area contributed by atoms with Gasteiger partial charge in [-0.1, -0.05) is 0 Å². The lowest BCUT2D eigenvalue weighted by atomic mass is 10.1. The van der Waals surface area contributed by atoms with E-state index in [0.29, 0.717) is 17.3 Å². The second-order valence-electron chi connectivity index (χ2n) is 5.18. The molecule has 6 nitrogen and oxygen atoms in total. The monoisotopic (exact) mass is 263 g/mol. The standard InChI is InChI=1S/C13H21N5O/c1-17-6-5-10(8-17)9-18(2)13(19)12-4-3-11(16-14)7-15-12/h3-4,7,10,16H,5-6,8-9,14H2,1-2H3. The Morgan fingerprint density at radius 1 is 1.63 bits per heavy atom. The SMILES string of the molecule is CN1CCC(CN(C)C(=O)c2ccc(NN)cn2)C1. The zero-order valence-corrected chi connectivity index (χ0v) is 11.5. The van der Waals surface area contributed by atoms with Gasteiger partial charge in [-0.3, -0.25) is 10.6 Å². The molecule has 0 bridgehead atoms. The summed E-state index contributed by atoms with van der Waals surface area (Å²) in [5, 5.41) is 0. The zero-order chi connectivity index (χ0) is 13.8. The molecular formula is C13H21N5O. The molecule has 1 atom stereocenters. The highest BCUT2D eigenvalue weighted by Crippen LogP contribution is 2.16. The van der Waals surface area contributed by atoms with Gasteiger partial charge in [0.2, 0.25) is 0 Å². The lowest BCUT2D eigenvalue weighted by molar-refractivity contribution is 0.0768. The van der Waals surface area contributed by atoms with E-state index in [1.54, 1.807) is 23.2 Å². The fourth-order valence-electron chi connectivity index (χ4n) is 2.45. The average Bonchev–Trinajstić information content (AvgIpc) is 2.83. The summed E-state index contributed by atoms with van der Waals surface area (Å²) < 4.78 is 0. The molecule has 19 heavy (non-hydrogen) atoms. The molecule has 1 saturated heterocycles. The number of amides is 1. The van der Waals surface area contributed by atoms with Gasteiger partial charge in [0, 0.05) is 20.1 Å². The quantitative estimate of drug-likeness (QED) is 0.607. The van der Waals surface area contributed by atoms with Crippen LogP contribution < -0.4 is 11.3 Å². The van der Waals surface area contributed by atoms with Crippen LogP contribution in [0.15, 0.2) is 18.3 Å². The number of aromatic nitrogens is 1. The first kappa shape index (κ1) is 13.8. The molecule has 0 aliphatic carbocycles. The number of nitrogens with zero attached hydrogens (tertiary/aromatic N) is 3. The number of nitrogen functional groups attached to an aromatic ring is 1. The van der Waals surface area contributed by atoms with Crippen molar-refractivity contribution in [2.75, 3.05) is 39.2 Å². The van der Waals surface area contributed by atoms with Crippen LogP contribution in [0.5, 0.6) is 0 Å². The Labute approximate surface area is 113 Å². The molecule has 1 aromatic rings. The summed E-state index contributed by atoms with van der Waals surface area (Å²) in [5.41, 5.74) is 3.64. The summed E-state index contributed by atoms with van der Waals surface area (Å²) in [7, 11) is 3.94. The number of anilines is 1. The number of hydrogen-bond acceptors (Lipinski definition) is 5.